The van der Waals surface area contributed by atoms with Crippen LogP contribution in [0.5, 0.6) is 0 Å². The molecule has 0 bridgehead atoms. The Hall–Kier alpha value is -1.04. The Labute approximate surface area is 84.8 Å². The minimum Gasteiger partial charge on any atom is -0.381 e. The van der Waals surface area contributed by atoms with Crippen LogP contribution in [0.4, 0.5) is 13.2 Å². The molecule has 0 atom stereocenters. The molecule has 1 aliphatic rings. The molecular weight excluding hydrogens is 209 g/mol. The maximum absolute atomic E-state index is 12.6. The Morgan fingerprint density at radius 2 is 1.93 bits per heavy atom. The highest BCUT2D eigenvalue weighted by Crippen LogP contribution is 2.33. The van der Waals surface area contributed by atoms with Crippen molar-refractivity contribution in [2.75, 3.05) is 13.2 Å². The summed E-state index contributed by atoms with van der Waals surface area (Å²) in [5, 5.41) is 3.54. The summed E-state index contributed by atoms with van der Waals surface area (Å²) in [5.41, 5.74) is 0.174. The Bertz CT molecular complexity index is 370. The normalized spacial score (nSPS) is 17.3. The number of halogens is 3. The molecule has 0 fully saturated rings. The third kappa shape index (κ3) is 1.86. The molecule has 1 aliphatic heterocycles. The first-order valence-electron chi connectivity index (χ1n) is 4.70. The first-order valence-corrected chi connectivity index (χ1v) is 4.70. The summed E-state index contributed by atoms with van der Waals surface area (Å²) in [7, 11) is 1.54. The zero-order chi connectivity index (χ0) is 11.1. The van der Waals surface area contributed by atoms with E-state index in [9.17, 15) is 13.2 Å². The second kappa shape index (κ2) is 3.52. The monoisotopic (exact) mass is 220 g/mol. The van der Waals surface area contributed by atoms with Gasteiger partial charge >= 0.3 is 6.18 Å². The van der Waals surface area contributed by atoms with E-state index in [0.29, 0.717) is 30.9 Å². The number of nitrogens with zero attached hydrogens (tertiary/aromatic N) is 2. The predicted octanol–water partition coefficient (Wildman–Crippen LogP) is 1.55. The van der Waals surface area contributed by atoms with Crippen LogP contribution in [-0.2, 0) is 30.8 Å². The smallest absolute Gasteiger partial charge is 0.381 e. The molecule has 0 saturated heterocycles. The van der Waals surface area contributed by atoms with Crippen molar-refractivity contribution in [3.63, 3.8) is 0 Å². The largest absolute Gasteiger partial charge is 0.435 e. The molecule has 6 heteroatoms. The van der Waals surface area contributed by atoms with Crippen LogP contribution in [0.1, 0.15) is 17.0 Å². The van der Waals surface area contributed by atoms with E-state index in [4.69, 9.17) is 4.74 Å². The van der Waals surface area contributed by atoms with Gasteiger partial charge in [0.15, 0.2) is 5.69 Å². The van der Waals surface area contributed by atoms with E-state index in [0.717, 1.165) is 0 Å². The quantitative estimate of drug-likeness (QED) is 0.663. The molecule has 0 aromatic carbocycles. The maximum Gasteiger partial charge on any atom is 0.435 e. The number of hydrogen-bond donors (Lipinski definition) is 0. The van der Waals surface area contributed by atoms with Crippen LogP contribution < -0.4 is 0 Å². The Kier molecular flexibility index (Phi) is 2.46. The summed E-state index contributed by atoms with van der Waals surface area (Å²) in [6.07, 6.45) is -3.58. The van der Waals surface area contributed by atoms with E-state index in [1.54, 1.807) is 7.05 Å². The van der Waals surface area contributed by atoms with E-state index in [1.165, 1.54) is 4.68 Å². The van der Waals surface area contributed by atoms with Gasteiger partial charge in [-0.2, -0.15) is 18.3 Å². The number of hydrogen-bond acceptors (Lipinski definition) is 2. The van der Waals surface area contributed by atoms with Crippen molar-refractivity contribution < 1.29 is 17.9 Å². The van der Waals surface area contributed by atoms with E-state index in [1.807, 2.05) is 0 Å². The first kappa shape index (κ1) is 10.5. The number of aryl methyl sites for hydroxylation is 1. The van der Waals surface area contributed by atoms with E-state index >= 15 is 0 Å². The molecule has 1 aromatic rings. The number of aromatic nitrogens is 2. The van der Waals surface area contributed by atoms with Crippen LogP contribution in [0, 0.1) is 0 Å². The molecule has 0 amide bonds. The second-order valence-corrected chi connectivity index (χ2v) is 3.51. The average Bonchev–Trinajstić information content (AvgIpc) is 2.37. The molecule has 0 spiro atoms. The van der Waals surface area contributed by atoms with Gasteiger partial charge in [-0.05, 0) is 6.42 Å². The molecule has 0 unspecified atom stereocenters. The van der Waals surface area contributed by atoms with E-state index < -0.39 is 11.9 Å². The van der Waals surface area contributed by atoms with Crippen molar-refractivity contribution in [2.24, 2.45) is 7.05 Å². The van der Waals surface area contributed by atoms with Crippen molar-refractivity contribution in [3.8, 4) is 0 Å². The Morgan fingerprint density at radius 1 is 1.27 bits per heavy atom. The second-order valence-electron chi connectivity index (χ2n) is 3.51. The summed E-state index contributed by atoms with van der Waals surface area (Å²) in [6.45, 7) is 0.797. The Balaban J connectivity index is 2.49. The van der Waals surface area contributed by atoms with Crippen molar-refractivity contribution in [2.45, 2.75) is 19.0 Å². The topological polar surface area (TPSA) is 27.1 Å². The summed E-state index contributed by atoms with van der Waals surface area (Å²) < 4.78 is 44.3. The number of rotatable bonds is 0. The maximum atomic E-state index is 12.6. The molecule has 0 saturated carbocycles. The SMILES string of the molecule is Cn1nc(C(F)(F)F)c2c1CCOCC2. The van der Waals surface area contributed by atoms with Gasteiger partial charge in [0.25, 0.3) is 0 Å². The summed E-state index contributed by atoms with van der Waals surface area (Å²) in [4.78, 5) is 0. The first-order chi connectivity index (χ1) is 7.00. The van der Waals surface area contributed by atoms with Crippen LogP contribution in [0.25, 0.3) is 0 Å². The zero-order valence-corrected chi connectivity index (χ0v) is 8.26. The van der Waals surface area contributed by atoms with Gasteiger partial charge in [-0.25, -0.2) is 0 Å². The van der Waals surface area contributed by atoms with Gasteiger partial charge in [0, 0.05) is 24.7 Å². The van der Waals surface area contributed by atoms with Gasteiger partial charge in [0.1, 0.15) is 0 Å². The third-order valence-electron chi connectivity index (χ3n) is 2.52. The molecule has 0 radical (unpaired) electrons. The lowest BCUT2D eigenvalue weighted by molar-refractivity contribution is -0.142. The molecule has 0 aliphatic carbocycles. The van der Waals surface area contributed by atoms with Crippen LogP contribution >= 0.6 is 0 Å². The van der Waals surface area contributed by atoms with Gasteiger partial charge in [0.05, 0.1) is 13.2 Å². The highest BCUT2D eigenvalue weighted by molar-refractivity contribution is 5.29. The fourth-order valence-electron chi connectivity index (χ4n) is 1.85. The summed E-state index contributed by atoms with van der Waals surface area (Å²) >= 11 is 0. The standard InChI is InChI=1S/C9H11F3N2O/c1-14-7-3-5-15-4-2-6(7)8(13-14)9(10,11)12/h2-5H2,1H3. The van der Waals surface area contributed by atoms with Gasteiger partial charge in [-0.15, -0.1) is 0 Å². The lowest BCUT2D eigenvalue weighted by atomic mass is 10.1. The van der Waals surface area contributed by atoms with Gasteiger partial charge in [0.2, 0.25) is 0 Å². The number of alkyl halides is 3. The molecule has 84 valence electrons. The third-order valence-corrected chi connectivity index (χ3v) is 2.52. The van der Waals surface area contributed by atoms with Crippen molar-refractivity contribution in [1.82, 2.24) is 9.78 Å². The highest BCUT2D eigenvalue weighted by atomic mass is 19.4. The lowest BCUT2D eigenvalue weighted by Gasteiger charge is -2.04. The number of fused-ring (bicyclic) bond motifs is 1. The highest BCUT2D eigenvalue weighted by Gasteiger charge is 2.38. The molecule has 3 nitrogen and oxygen atoms in total. The fraction of sp³-hybridized carbons (Fsp3) is 0.667. The minimum atomic E-state index is -4.37. The molecule has 2 rings (SSSR count). The molecule has 0 N–H and O–H groups in total. The van der Waals surface area contributed by atoms with Crippen molar-refractivity contribution >= 4 is 0 Å². The van der Waals surface area contributed by atoms with Crippen LogP contribution in [0.15, 0.2) is 0 Å². The van der Waals surface area contributed by atoms with Crippen molar-refractivity contribution in [3.05, 3.63) is 17.0 Å². The van der Waals surface area contributed by atoms with Crippen LogP contribution in [0.3, 0.4) is 0 Å². The predicted molar refractivity (Wildman–Crippen MR) is 46.4 cm³/mol. The van der Waals surface area contributed by atoms with Crippen molar-refractivity contribution in [1.29, 1.82) is 0 Å². The molecular formula is C9H11F3N2O. The summed E-state index contributed by atoms with van der Waals surface area (Å²) in [6, 6.07) is 0. The fourth-order valence-corrected chi connectivity index (χ4v) is 1.85. The van der Waals surface area contributed by atoms with E-state index in [-0.39, 0.29) is 6.42 Å². The minimum absolute atomic E-state index is 0.290. The average molecular weight is 220 g/mol. The molecule has 15 heavy (non-hydrogen) atoms. The van der Waals surface area contributed by atoms with Crippen LogP contribution in [-0.4, -0.2) is 23.0 Å². The van der Waals surface area contributed by atoms with Gasteiger partial charge < -0.3 is 4.74 Å². The Morgan fingerprint density at radius 3 is 2.60 bits per heavy atom. The van der Waals surface area contributed by atoms with Gasteiger partial charge in [-0.1, -0.05) is 0 Å². The van der Waals surface area contributed by atoms with Gasteiger partial charge in [-0.3, -0.25) is 4.68 Å². The molecule has 2 heterocycles. The van der Waals surface area contributed by atoms with Crippen LogP contribution in [0.2, 0.25) is 0 Å². The lowest BCUT2D eigenvalue weighted by Crippen LogP contribution is -2.10. The summed E-state index contributed by atoms with van der Waals surface area (Å²) in [5.74, 6) is 0. The van der Waals surface area contributed by atoms with E-state index in [2.05, 4.69) is 5.10 Å². The zero-order valence-electron chi connectivity index (χ0n) is 8.26. The number of ether oxygens (including phenoxy) is 1. The molecule has 1 aromatic heterocycles.